The SMILES string of the molecule is N#Cc1cccc(Nc2cncc(C(=O)Nc3ccc(F)c(F)c3)c2)c1. The minimum atomic E-state index is -1.05. The van der Waals surface area contributed by atoms with Gasteiger partial charge in [0.2, 0.25) is 0 Å². The summed E-state index contributed by atoms with van der Waals surface area (Å²) in [7, 11) is 0. The third kappa shape index (κ3) is 3.99. The van der Waals surface area contributed by atoms with Gasteiger partial charge in [-0.1, -0.05) is 6.07 Å². The summed E-state index contributed by atoms with van der Waals surface area (Å²) < 4.78 is 26.2. The molecule has 1 aromatic heterocycles. The Kier molecular flexibility index (Phi) is 4.85. The Labute approximate surface area is 147 Å². The van der Waals surface area contributed by atoms with Crippen molar-refractivity contribution >= 4 is 23.0 Å². The number of amides is 1. The molecule has 0 fully saturated rings. The fourth-order valence-corrected chi connectivity index (χ4v) is 2.24. The smallest absolute Gasteiger partial charge is 0.257 e. The highest BCUT2D eigenvalue weighted by Gasteiger charge is 2.10. The fraction of sp³-hybridized carbons (Fsp3) is 0. The number of carbonyl (C=O) groups excluding carboxylic acids is 1. The topological polar surface area (TPSA) is 77.8 Å². The van der Waals surface area contributed by atoms with Gasteiger partial charge in [0.15, 0.2) is 11.6 Å². The molecule has 0 radical (unpaired) electrons. The zero-order valence-electron chi connectivity index (χ0n) is 13.3. The number of aromatic nitrogens is 1. The van der Waals surface area contributed by atoms with Gasteiger partial charge in [0.1, 0.15) is 0 Å². The molecule has 0 saturated carbocycles. The summed E-state index contributed by atoms with van der Waals surface area (Å²) in [6.45, 7) is 0. The Balaban J connectivity index is 1.76. The van der Waals surface area contributed by atoms with Crippen LogP contribution >= 0.6 is 0 Å². The van der Waals surface area contributed by atoms with Gasteiger partial charge in [-0.2, -0.15) is 5.26 Å². The number of hydrogen-bond acceptors (Lipinski definition) is 4. The highest BCUT2D eigenvalue weighted by atomic mass is 19.2. The van der Waals surface area contributed by atoms with Crippen LogP contribution in [0.2, 0.25) is 0 Å². The first-order valence-electron chi connectivity index (χ1n) is 7.54. The Morgan fingerprint density at radius 2 is 1.81 bits per heavy atom. The normalized spacial score (nSPS) is 10.0. The summed E-state index contributed by atoms with van der Waals surface area (Å²) in [5.41, 5.74) is 2.07. The van der Waals surface area contributed by atoms with E-state index in [-0.39, 0.29) is 11.3 Å². The van der Waals surface area contributed by atoms with Crippen LogP contribution < -0.4 is 10.6 Å². The van der Waals surface area contributed by atoms with E-state index in [4.69, 9.17) is 5.26 Å². The fourth-order valence-electron chi connectivity index (χ4n) is 2.24. The second-order valence-electron chi connectivity index (χ2n) is 5.36. The number of nitrogens with zero attached hydrogens (tertiary/aromatic N) is 2. The number of nitriles is 1. The zero-order valence-corrected chi connectivity index (χ0v) is 13.3. The molecule has 2 aromatic carbocycles. The molecule has 0 aliphatic carbocycles. The van der Waals surface area contributed by atoms with Gasteiger partial charge in [-0.05, 0) is 36.4 Å². The van der Waals surface area contributed by atoms with E-state index in [2.05, 4.69) is 15.6 Å². The number of halogens is 2. The number of carbonyl (C=O) groups is 1. The van der Waals surface area contributed by atoms with E-state index in [1.54, 1.807) is 30.3 Å². The Bertz CT molecular complexity index is 1010. The van der Waals surface area contributed by atoms with Crippen LogP contribution in [-0.4, -0.2) is 10.9 Å². The van der Waals surface area contributed by atoms with Crippen molar-refractivity contribution in [3.05, 3.63) is 83.7 Å². The molecule has 3 aromatic rings. The summed E-state index contributed by atoms with van der Waals surface area (Å²) in [6, 6.07) is 13.5. The van der Waals surface area contributed by atoms with Gasteiger partial charge in [0.05, 0.1) is 29.1 Å². The number of rotatable bonds is 4. The van der Waals surface area contributed by atoms with E-state index in [1.165, 1.54) is 18.5 Å². The van der Waals surface area contributed by atoms with E-state index in [9.17, 15) is 13.6 Å². The summed E-state index contributed by atoms with van der Waals surface area (Å²) in [6.07, 6.45) is 2.87. The maximum Gasteiger partial charge on any atom is 0.257 e. The average Bonchev–Trinajstić information content (AvgIpc) is 2.65. The number of pyridine rings is 1. The van der Waals surface area contributed by atoms with Gasteiger partial charge < -0.3 is 10.6 Å². The lowest BCUT2D eigenvalue weighted by Gasteiger charge is -2.09. The molecule has 0 aliphatic heterocycles. The van der Waals surface area contributed by atoms with Gasteiger partial charge in [-0.3, -0.25) is 9.78 Å². The van der Waals surface area contributed by atoms with Crippen LogP contribution in [0.5, 0.6) is 0 Å². The van der Waals surface area contributed by atoms with E-state index < -0.39 is 17.5 Å². The van der Waals surface area contributed by atoms with Crippen molar-refractivity contribution in [3.8, 4) is 6.07 Å². The molecule has 3 rings (SSSR count). The van der Waals surface area contributed by atoms with Crippen molar-refractivity contribution in [2.45, 2.75) is 0 Å². The van der Waals surface area contributed by atoms with Crippen LogP contribution in [-0.2, 0) is 0 Å². The summed E-state index contributed by atoms with van der Waals surface area (Å²) in [4.78, 5) is 16.3. The molecule has 0 unspecified atom stereocenters. The lowest BCUT2D eigenvalue weighted by atomic mass is 10.2. The second-order valence-corrected chi connectivity index (χ2v) is 5.36. The van der Waals surface area contributed by atoms with E-state index in [0.717, 1.165) is 12.1 Å². The average molecular weight is 350 g/mol. The molecule has 0 aliphatic rings. The number of anilines is 3. The highest BCUT2D eigenvalue weighted by Crippen LogP contribution is 2.19. The summed E-state index contributed by atoms with van der Waals surface area (Å²) >= 11 is 0. The van der Waals surface area contributed by atoms with Crippen LogP contribution in [0.1, 0.15) is 15.9 Å². The third-order valence-corrected chi connectivity index (χ3v) is 3.46. The molecule has 2 N–H and O–H groups in total. The van der Waals surface area contributed by atoms with Gasteiger partial charge in [-0.25, -0.2) is 8.78 Å². The quantitative estimate of drug-likeness (QED) is 0.738. The predicted octanol–water partition coefficient (Wildman–Crippen LogP) is 4.23. The van der Waals surface area contributed by atoms with E-state index in [0.29, 0.717) is 16.9 Å². The number of nitrogens with one attached hydrogen (secondary N) is 2. The molecule has 0 bridgehead atoms. The zero-order chi connectivity index (χ0) is 18.5. The Morgan fingerprint density at radius 3 is 2.58 bits per heavy atom. The van der Waals surface area contributed by atoms with Crippen molar-refractivity contribution in [2.24, 2.45) is 0 Å². The molecule has 1 amide bonds. The minimum absolute atomic E-state index is 0.133. The van der Waals surface area contributed by atoms with Gasteiger partial charge in [0.25, 0.3) is 5.91 Å². The van der Waals surface area contributed by atoms with Crippen molar-refractivity contribution in [2.75, 3.05) is 10.6 Å². The highest BCUT2D eigenvalue weighted by molar-refractivity contribution is 6.04. The van der Waals surface area contributed by atoms with E-state index in [1.807, 2.05) is 6.07 Å². The van der Waals surface area contributed by atoms with Crippen LogP contribution in [0, 0.1) is 23.0 Å². The molecule has 0 saturated heterocycles. The largest absolute Gasteiger partial charge is 0.354 e. The standard InChI is InChI=1S/C19H12F2N4O/c20-17-5-4-15(8-18(17)21)25-19(26)13-7-16(11-23-10-13)24-14-3-1-2-12(6-14)9-22/h1-8,10-11,24H,(H,25,26). The number of hydrogen-bond donors (Lipinski definition) is 2. The Hall–Kier alpha value is -3.79. The van der Waals surface area contributed by atoms with E-state index >= 15 is 0 Å². The molecule has 7 heteroatoms. The first-order chi connectivity index (χ1) is 12.5. The molecule has 26 heavy (non-hydrogen) atoms. The minimum Gasteiger partial charge on any atom is -0.354 e. The van der Waals surface area contributed by atoms with Crippen molar-refractivity contribution in [1.29, 1.82) is 5.26 Å². The maximum absolute atomic E-state index is 13.2. The maximum atomic E-state index is 13.2. The molecule has 0 spiro atoms. The van der Waals surface area contributed by atoms with Crippen molar-refractivity contribution in [1.82, 2.24) is 4.98 Å². The van der Waals surface area contributed by atoms with Crippen molar-refractivity contribution in [3.63, 3.8) is 0 Å². The van der Waals surface area contributed by atoms with Gasteiger partial charge >= 0.3 is 0 Å². The first kappa shape index (κ1) is 17.0. The van der Waals surface area contributed by atoms with Crippen LogP contribution in [0.15, 0.2) is 60.9 Å². The Morgan fingerprint density at radius 1 is 0.962 bits per heavy atom. The second kappa shape index (κ2) is 7.40. The summed E-state index contributed by atoms with van der Waals surface area (Å²) in [5.74, 6) is -2.55. The monoisotopic (exact) mass is 350 g/mol. The molecule has 128 valence electrons. The number of benzene rings is 2. The van der Waals surface area contributed by atoms with Crippen LogP contribution in [0.4, 0.5) is 25.8 Å². The molecule has 0 atom stereocenters. The lowest BCUT2D eigenvalue weighted by molar-refractivity contribution is 0.102. The third-order valence-electron chi connectivity index (χ3n) is 3.46. The van der Waals surface area contributed by atoms with Gasteiger partial charge in [-0.15, -0.1) is 0 Å². The molecule has 1 heterocycles. The molecular weight excluding hydrogens is 338 g/mol. The predicted molar refractivity (Wildman–Crippen MR) is 93.0 cm³/mol. The first-order valence-corrected chi connectivity index (χ1v) is 7.54. The summed E-state index contributed by atoms with van der Waals surface area (Å²) in [5, 5.41) is 14.5. The van der Waals surface area contributed by atoms with Crippen LogP contribution in [0.25, 0.3) is 0 Å². The van der Waals surface area contributed by atoms with Gasteiger partial charge in [0, 0.05) is 23.6 Å². The lowest BCUT2D eigenvalue weighted by Crippen LogP contribution is -2.12. The molecule has 5 nitrogen and oxygen atoms in total. The molecular formula is C19H12F2N4O. The van der Waals surface area contributed by atoms with Crippen molar-refractivity contribution < 1.29 is 13.6 Å². The van der Waals surface area contributed by atoms with Crippen LogP contribution in [0.3, 0.4) is 0 Å².